The Balaban J connectivity index is 4.34. The van der Waals surface area contributed by atoms with Gasteiger partial charge in [-0.3, -0.25) is 14.4 Å². The minimum atomic E-state index is -0.787. The topological polar surface area (TPSA) is 78.9 Å². The van der Waals surface area contributed by atoms with Crippen LogP contribution in [0.15, 0.2) is 48.6 Å². The van der Waals surface area contributed by atoms with Gasteiger partial charge in [0.2, 0.25) is 0 Å². The maximum atomic E-state index is 12.7. The summed E-state index contributed by atoms with van der Waals surface area (Å²) in [7, 11) is 0. The van der Waals surface area contributed by atoms with E-state index in [1.807, 2.05) is 0 Å². The highest BCUT2D eigenvalue weighted by Crippen LogP contribution is 2.14. The summed E-state index contributed by atoms with van der Waals surface area (Å²) >= 11 is 0. The van der Waals surface area contributed by atoms with Crippen LogP contribution in [0.5, 0.6) is 0 Å². The monoisotopic (exact) mass is 785 g/mol. The summed E-state index contributed by atoms with van der Waals surface area (Å²) in [6.45, 7) is 6.45. The van der Waals surface area contributed by atoms with E-state index in [1.165, 1.54) is 103 Å². The second kappa shape index (κ2) is 45.1. The van der Waals surface area contributed by atoms with Crippen molar-refractivity contribution in [1.82, 2.24) is 0 Å². The van der Waals surface area contributed by atoms with Crippen molar-refractivity contribution in [3.63, 3.8) is 0 Å². The van der Waals surface area contributed by atoms with Crippen LogP contribution < -0.4 is 0 Å². The van der Waals surface area contributed by atoms with Crippen LogP contribution in [-0.2, 0) is 28.6 Å². The molecule has 0 bridgehead atoms. The van der Waals surface area contributed by atoms with Crippen LogP contribution in [-0.4, -0.2) is 37.2 Å². The molecule has 1 atom stereocenters. The molecule has 6 heteroatoms. The third-order valence-corrected chi connectivity index (χ3v) is 10.1. The van der Waals surface area contributed by atoms with Crippen molar-refractivity contribution in [2.24, 2.45) is 0 Å². The number of carbonyl (C=O) groups is 3. The molecule has 0 aliphatic carbocycles. The first-order valence-corrected chi connectivity index (χ1v) is 23.7. The molecule has 0 aromatic carbocycles. The third-order valence-electron chi connectivity index (χ3n) is 10.1. The molecule has 0 N–H and O–H groups in total. The van der Waals surface area contributed by atoms with Gasteiger partial charge in [-0.25, -0.2) is 0 Å². The van der Waals surface area contributed by atoms with E-state index in [1.54, 1.807) is 0 Å². The number of unbranched alkanes of at least 4 members (excludes halogenated alkanes) is 24. The average molecular weight is 785 g/mol. The number of rotatable bonds is 42. The molecule has 324 valence electrons. The van der Waals surface area contributed by atoms with Gasteiger partial charge in [0, 0.05) is 19.3 Å². The van der Waals surface area contributed by atoms with Crippen molar-refractivity contribution in [2.45, 2.75) is 239 Å². The van der Waals surface area contributed by atoms with Crippen molar-refractivity contribution in [1.29, 1.82) is 0 Å². The van der Waals surface area contributed by atoms with Crippen LogP contribution in [0, 0.1) is 0 Å². The van der Waals surface area contributed by atoms with Crippen LogP contribution in [0.4, 0.5) is 0 Å². The van der Waals surface area contributed by atoms with Gasteiger partial charge in [0.15, 0.2) is 6.10 Å². The Kier molecular flexibility index (Phi) is 43.0. The van der Waals surface area contributed by atoms with E-state index in [0.29, 0.717) is 19.3 Å². The predicted octanol–water partition coefficient (Wildman–Crippen LogP) is 15.1. The van der Waals surface area contributed by atoms with E-state index in [4.69, 9.17) is 14.2 Å². The summed E-state index contributed by atoms with van der Waals surface area (Å²) in [4.78, 5) is 37.7. The summed E-state index contributed by atoms with van der Waals surface area (Å²) in [6, 6.07) is 0. The van der Waals surface area contributed by atoms with E-state index in [0.717, 1.165) is 89.9 Å². The summed E-state index contributed by atoms with van der Waals surface area (Å²) in [5, 5.41) is 0. The number of ether oxygens (including phenoxy) is 3. The SMILES string of the molecule is CC/C=C\C/C=C\CCCCC(=O)OCC(COC(=O)CCCCCCC/C=C\C=C/CCCCCCCCC)OC(=O)CCCCCCCCCCCCC. The van der Waals surface area contributed by atoms with Gasteiger partial charge in [0.05, 0.1) is 0 Å². The highest BCUT2D eigenvalue weighted by molar-refractivity contribution is 5.71. The molecule has 0 aromatic rings. The smallest absolute Gasteiger partial charge is 0.306 e. The van der Waals surface area contributed by atoms with Gasteiger partial charge in [-0.05, 0) is 70.6 Å². The lowest BCUT2D eigenvalue weighted by Gasteiger charge is -2.18. The Bertz CT molecular complexity index is 996. The zero-order chi connectivity index (χ0) is 40.8. The first-order chi connectivity index (χ1) is 27.5. The fraction of sp³-hybridized carbons (Fsp3) is 0.780. The highest BCUT2D eigenvalue weighted by atomic mass is 16.6. The van der Waals surface area contributed by atoms with Crippen LogP contribution >= 0.6 is 0 Å². The predicted molar refractivity (Wildman–Crippen MR) is 238 cm³/mol. The quantitative estimate of drug-likeness (QED) is 0.0202. The van der Waals surface area contributed by atoms with Gasteiger partial charge < -0.3 is 14.2 Å². The van der Waals surface area contributed by atoms with Gasteiger partial charge in [-0.15, -0.1) is 0 Å². The third kappa shape index (κ3) is 42.5. The zero-order valence-corrected chi connectivity index (χ0v) is 36.9. The molecule has 6 nitrogen and oxygen atoms in total. The molecule has 0 amide bonds. The molecule has 56 heavy (non-hydrogen) atoms. The second-order valence-electron chi connectivity index (χ2n) is 15.7. The molecule has 0 aliphatic heterocycles. The van der Waals surface area contributed by atoms with Crippen molar-refractivity contribution in [2.75, 3.05) is 13.2 Å². The molecule has 0 spiro atoms. The molecule has 1 unspecified atom stereocenters. The van der Waals surface area contributed by atoms with E-state index >= 15 is 0 Å². The molecule has 0 saturated carbocycles. The first-order valence-electron chi connectivity index (χ1n) is 23.7. The minimum absolute atomic E-state index is 0.0901. The van der Waals surface area contributed by atoms with E-state index in [9.17, 15) is 14.4 Å². The molecule has 0 aromatic heterocycles. The fourth-order valence-corrected chi connectivity index (χ4v) is 6.53. The fourth-order valence-electron chi connectivity index (χ4n) is 6.53. The molecule has 0 saturated heterocycles. The lowest BCUT2D eigenvalue weighted by Crippen LogP contribution is -2.30. The lowest BCUT2D eigenvalue weighted by atomic mass is 10.1. The van der Waals surface area contributed by atoms with Gasteiger partial charge in [0.25, 0.3) is 0 Å². The Morgan fingerprint density at radius 3 is 1.21 bits per heavy atom. The van der Waals surface area contributed by atoms with E-state index in [2.05, 4.69) is 69.4 Å². The minimum Gasteiger partial charge on any atom is -0.462 e. The summed E-state index contributed by atoms with van der Waals surface area (Å²) < 4.78 is 16.6. The Labute approximate surface area is 346 Å². The lowest BCUT2D eigenvalue weighted by molar-refractivity contribution is -0.167. The molecular formula is C50H88O6. The van der Waals surface area contributed by atoms with Gasteiger partial charge >= 0.3 is 17.9 Å². The maximum absolute atomic E-state index is 12.7. The molecule has 0 heterocycles. The number of esters is 3. The average Bonchev–Trinajstić information content (AvgIpc) is 3.19. The molecule has 0 rings (SSSR count). The zero-order valence-electron chi connectivity index (χ0n) is 36.9. The highest BCUT2D eigenvalue weighted by Gasteiger charge is 2.19. The first kappa shape index (κ1) is 53.4. The van der Waals surface area contributed by atoms with E-state index in [-0.39, 0.29) is 31.1 Å². The molecule has 0 radical (unpaired) electrons. The summed E-state index contributed by atoms with van der Waals surface area (Å²) in [5.74, 6) is -0.941. The van der Waals surface area contributed by atoms with Crippen molar-refractivity contribution < 1.29 is 28.6 Å². The van der Waals surface area contributed by atoms with Crippen molar-refractivity contribution in [3.8, 4) is 0 Å². The van der Waals surface area contributed by atoms with Gasteiger partial charge in [0.1, 0.15) is 13.2 Å². The van der Waals surface area contributed by atoms with Crippen LogP contribution in [0.2, 0.25) is 0 Å². The Hall–Kier alpha value is -2.63. The van der Waals surface area contributed by atoms with Crippen molar-refractivity contribution in [3.05, 3.63) is 48.6 Å². The maximum Gasteiger partial charge on any atom is 0.306 e. The largest absolute Gasteiger partial charge is 0.462 e. The Morgan fingerprint density at radius 2 is 0.750 bits per heavy atom. The number of hydrogen-bond acceptors (Lipinski definition) is 6. The van der Waals surface area contributed by atoms with E-state index < -0.39 is 6.10 Å². The van der Waals surface area contributed by atoms with Crippen molar-refractivity contribution >= 4 is 17.9 Å². The molecule has 0 fully saturated rings. The van der Waals surface area contributed by atoms with Crippen LogP contribution in [0.25, 0.3) is 0 Å². The van der Waals surface area contributed by atoms with Crippen LogP contribution in [0.3, 0.4) is 0 Å². The Morgan fingerprint density at radius 1 is 0.393 bits per heavy atom. The van der Waals surface area contributed by atoms with Gasteiger partial charge in [-0.2, -0.15) is 0 Å². The summed E-state index contributed by atoms with van der Waals surface area (Å²) in [5.41, 5.74) is 0. The standard InChI is InChI=1S/C50H88O6/c1-4-7-10-13-16-19-21-22-23-24-25-26-27-29-31-34-37-40-43-49(52)55-46-47(45-54-48(51)42-39-36-33-30-18-15-12-9-6-3)56-50(53)44-41-38-35-32-28-20-17-14-11-8-5-2/h9,12,18,23-26,30,47H,4-8,10-11,13-17,19-22,27-29,31-46H2,1-3H3/b12-9-,24-23-,26-25-,30-18-. The summed E-state index contributed by atoms with van der Waals surface area (Å²) in [6.07, 6.45) is 52.5. The van der Waals surface area contributed by atoms with Crippen LogP contribution in [0.1, 0.15) is 233 Å². The van der Waals surface area contributed by atoms with Gasteiger partial charge in [-0.1, -0.05) is 191 Å². The molecule has 0 aliphatic rings. The number of carbonyl (C=O) groups excluding carboxylic acids is 3. The number of allylic oxidation sites excluding steroid dienone is 8. The molecular weight excluding hydrogens is 697 g/mol. The normalized spacial score (nSPS) is 12.4. The number of hydrogen-bond donors (Lipinski definition) is 0. The second-order valence-corrected chi connectivity index (χ2v) is 15.7.